The Kier molecular flexibility index (Phi) is 33.4. The van der Waals surface area contributed by atoms with Crippen molar-refractivity contribution in [1.29, 1.82) is 0 Å². The molecule has 0 aromatic heterocycles. The van der Waals surface area contributed by atoms with E-state index >= 15 is 0 Å². The minimum atomic E-state index is -2.74. The van der Waals surface area contributed by atoms with Gasteiger partial charge in [-0.1, -0.05) is 0 Å². The zero-order valence-electron chi connectivity index (χ0n) is 19.4. The van der Waals surface area contributed by atoms with Crippen LogP contribution in [0, 0.1) is 0 Å². The predicted octanol–water partition coefficient (Wildman–Crippen LogP) is -11.2. The quantitative estimate of drug-likeness (QED) is 0.117. The average molecular weight is 552 g/mol. The molecule has 0 aliphatic carbocycles. The summed E-state index contributed by atoms with van der Waals surface area (Å²) in [6, 6.07) is 0. The van der Waals surface area contributed by atoms with Crippen LogP contribution in [-0.4, -0.2) is 87.9 Å². The van der Waals surface area contributed by atoms with Crippen LogP contribution in [0.2, 0.25) is 0 Å². The molecule has 0 spiro atoms. The van der Waals surface area contributed by atoms with Gasteiger partial charge in [-0.25, -0.2) is 9.59 Å². The molecule has 0 amide bonds. The van der Waals surface area contributed by atoms with Crippen LogP contribution < -0.4 is 154 Å². The van der Waals surface area contributed by atoms with Crippen LogP contribution in [0.5, 0.6) is 0 Å². The Labute approximate surface area is 315 Å². The molecular weight excluding hydrogens is 533 g/mol. The summed E-state index contributed by atoms with van der Waals surface area (Å²) in [4.78, 5) is 61.0. The summed E-state index contributed by atoms with van der Waals surface area (Å²) >= 11 is 0. The van der Waals surface area contributed by atoms with Crippen molar-refractivity contribution < 1.29 is 250 Å². The molecule has 0 aliphatic heterocycles. The van der Waals surface area contributed by atoms with E-state index in [1.807, 2.05) is 0 Å². The maximum Gasteiger partial charge on any atom is 1.00 e. The molecular formula is C12H19K3O14Ti. The number of carbonyl (C=O) groups is 6. The number of hydrogen-bond acceptors (Lipinski definition) is 8. The third-order valence-electron chi connectivity index (χ3n) is 2.57. The van der Waals surface area contributed by atoms with Gasteiger partial charge in [-0.05, 0) is 0 Å². The maximum atomic E-state index is 10.3. The molecule has 30 heavy (non-hydrogen) atoms. The van der Waals surface area contributed by atoms with Crippen molar-refractivity contribution in [1.82, 2.24) is 0 Å². The molecule has 0 heterocycles. The largest absolute Gasteiger partial charge is 1.00 e. The Bertz CT molecular complexity index is 541. The minimum absolute atomic E-state index is 0. The smallest absolute Gasteiger partial charge is 1.00 e. The van der Waals surface area contributed by atoms with Crippen LogP contribution in [0.1, 0.15) is 30.0 Å². The fourth-order valence-corrected chi connectivity index (χ4v) is 1.43. The molecule has 0 bridgehead atoms. The summed E-state index contributed by atoms with van der Waals surface area (Å²) in [5.74, 6) is -10.0. The molecule has 158 valence electrons. The molecule has 0 rings (SSSR count). The molecule has 18 heteroatoms. The van der Waals surface area contributed by atoms with Crippen molar-refractivity contribution in [3.05, 3.63) is 0 Å². The second-order valence-corrected chi connectivity index (χ2v) is 4.96. The first-order valence-corrected chi connectivity index (χ1v) is 6.34. The van der Waals surface area contributed by atoms with E-state index in [4.69, 9.17) is 40.9 Å². The molecule has 0 atom stereocenters. The maximum absolute atomic E-state index is 10.3. The summed E-state index contributed by atoms with van der Waals surface area (Å²) in [6.45, 7) is 0. The number of aliphatic hydroxyl groups is 2. The second-order valence-electron chi connectivity index (χ2n) is 4.96. The van der Waals surface area contributed by atoms with Gasteiger partial charge in [-0.2, -0.15) is 0 Å². The van der Waals surface area contributed by atoms with Crippen molar-refractivity contribution in [2.24, 2.45) is 0 Å². The van der Waals surface area contributed by atoms with Crippen LogP contribution in [-0.2, 0) is 50.5 Å². The Morgan fingerprint density at radius 1 is 0.500 bits per heavy atom. The van der Waals surface area contributed by atoms with Gasteiger partial charge in [0.1, 0.15) is 0 Å². The van der Waals surface area contributed by atoms with Crippen molar-refractivity contribution in [3.8, 4) is 0 Å². The van der Waals surface area contributed by atoms with Gasteiger partial charge in [0.2, 0.25) is 0 Å². The Balaban J connectivity index is -0.0000000411. The summed E-state index contributed by atoms with van der Waals surface area (Å²) in [5.41, 5.74) is -5.48. The summed E-state index contributed by atoms with van der Waals surface area (Å²) in [7, 11) is 0. The first kappa shape index (κ1) is 45.8. The number of carboxylic acids is 6. The van der Waals surface area contributed by atoms with Gasteiger partial charge < -0.3 is 45.1 Å². The van der Waals surface area contributed by atoms with Gasteiger partial charge in [0, 0.05) is 21.7 Å². The molecule has 0 aliphatic rings. The SMILES string of the molecule is O=C(O)CC(O)(CC(=O)O)C(=O)O.O=C(O)CC(O)(CC(=O)O)C(=O)O.[H-].[H-].[H-].[K+].[K+].[K+].[Ti]. The van der Waals surface area contributed by atoms with E-state index in [-0.39, 0.29) is 180 Å². The standard InChI is InChI=1S/2C6H8O7.3K.Ti.3H/c2*7-3(8)1-6(13,5(11)12)2-4(9)10;;;;;;;/h2*13H,1-2H2,(H,7,8)(H,9,10)(H,11,12);;;;;;;/q;;3*+1;;3*-1. The first-order chi connectivity index (χ1) is 11.6. The van der Waals surface area contributed by atoms with Crippen molar-refractivity contribution in [2.45, 2.75) is 36.9 Å². The molecule has 0 saturated carbocycles. The van der Waals surface area contributed by atoms with Crippen molar-refractivity contribution in [2.75, 3.05) is 0 Å². The molecule has 0 aromatic rings. The Morgan fingerprint density at radius 2 is 0.633 bits per heavy atom. The molecule has 0 saturated heterocycles. The zero-order chi connectivity index (χ0) is 21.3. The van der Waals surface area contributed by atoms with Crippen LogP contribution in [0.15, 0.2) is 0 Å². The van der Waals surface area contributed by atoms with E-state index in [1.165, 1.54) is 0 Å². The van der Waals surface area contributed by atoms with E-state index in [0.29, 0.717) is 0 Å². The monoisotopic (exact) mass is 552 g/mol. The third kappa shape index (κ3) is 22.2. The van der Waals surface area contributed by atoms with E-state index in [2.05, 4.69) is 0 Å². The molecule has 0 unspecified atom stereocenters. The molecule has 14 nitrogen and oxygen atoms in total. The summed E-state index contributed by atoms with van der Waals surface area (Å²) < 4.78 is 0. The normalized spacial score (nSPS) is 9.40. The van der Waals surface area contributed by atoms with Gasteiger partial charge in [-0.15, -0.1) is 0 Å². The summed E-state index contributed by atoms with van der Waals surface area (Å²) in [5, 5.41) is 67.6. The van der Waals surface area contributed by atoms with Gasteiger partial charge in [-0.3, -0.25) is 19.2 Å². The van der Waals surface area contributed by atoms with Crippen LogP contribution in [0.4, 0.5) is 0 Å². The zero-order valence-corrected chi connectivity index (χ0v) is 27.3. The van der Waals surface area contributed by atoms with Crippen LogP contribution in [0.25, 0.3) is 0 Å². The van der Waals surface area contributed by atoms with Gasteiger partial charge in [0.05, 0.1) is 25.7 Å². The number of aliphatic carboxylic acids is 6. The molecule has 8 N–H and O–H groups in total. The van der Waals surface area contributed by atoms with E-state index in [9.17, 15) is 28.8 Å². The number of rotatable bonds is 10. The van der Waals surface area contributed by atoms with E-state index in [0.717, 1.165) is 0 Å². The number of hydrogen-bond donors (Lipinski definition) is 8. The van der Waals surface area contributed by atoms with Crippen molar-refractivity contribution >= 4 is 35.8 Å². The Hall–Kier alpha value is 2.36. The van der Waals surface area contributed by atoms with Gasteiger partial charge >= 0.3 is 190 Å². The third-order valence-corrected chi connectivity index (χ3v) is 2.57. The molecule has 0 aromatic carbocycles. The molecule has 0 fully saturated rings. The minimum Gasteiger partial charge on any atom is -1.00 e. The Morgan fingerprint density at radius 3 is 0.700 bits per heavy atom. The van der Waals surface area contributed by atoms with Crippen LogP contribution in [0.3, 0.4) is 0 Å². The van der Waals surface area contributed by atoms with Crippen molar-refractivity contribution in [3.63, 3.8) is 0 Å². The fourth-order valence-electron chi connectivity index (χ4n) is 1.43. The molecule has 0 radical (unpaired) electrons. The first-order valence-electron chi connectivity index (χ1n) is 6.34. The predicted molar refractivity (Wildman–Crippen MR) is 77.5 cm³/mol. The summed E-state index contributed by atoms with van der Waals surface area (Å²) in [6.07, 6.45) is -4.58. The van der Waals surface area contributed by atoms with Crippen LogP contribution >= 0.6 is 0 Å². The van der Waals surface area contributed by atoms with Gasteiger partial charge in [0.15, 0.2) is 11.2 Å². The fraction of sp³-hybridized carbons (Fsp3) is 0.500. The number of carboxylic acid groups (broad SMARTS) is 6. The second kappa shape index (κ2) is 21.9. The van der Waals surface area contributed by atoms with Gasteiger partial charge in [0.25, 0.3) is 0 Å². The van der Waals surface area contributed by atoms with E-state index < -0.39 is 72.7 Å². The van der Waals surface area contributed by atoms with E-state index in [1.54, 1.807) is 0 Å². The average Bonchev–Trinajstić information content (AvgIpc) is 2.34. The topological polar surface area (TPSA) is 264 Å².